The molecule has 0 N–H and O–H groups in total. The molecule has 1 aliphatic rings. The monoisotopic (exact) mass is 223 g/mol. The maximum atomic E-state index is 5.83. The van der Waals surface area contributed by atoms with Gasteiger partial charge in [0.25, 0.3) is 0 Å². The van der Waals surface area contributed by atoms with E-state index in [1.807, 2.05) is 0 Å². The third-order valence-electron chi connectivity index (χ3n) is 3.00. The summed E-state index contributed by atoms with van der Waals surface area (Å²) < 4.78 is 0. The first kappa shape index (κ1) is 11.0. The van der Waals surface area contributed by atoms with E-state index in [4.69, 9.17) is 11.6 Å². The van der Waals surface area contributed by atoms with Crippen molar-refractivity contribution >= 4 is 11.6 Å². The molecule has 2 heteroatoms. The van der Waals surface area contributed by atoms with Gasteiger partial charge in [-0.25, -0.2) is 0 Å². The van der Waals surface area contributed by atoms with Gasteiger partial charge in [0.2, 0.25) is 0 Å². The predicted molar refractivity (Wildman–Crippen MR) is 65.1 cm³/mol. The molecule has 1 aromatic rings. The number of halogens is 1. The first-order valence-corrected chi connectivity index (χ1v) is 6.28. The SMILES string of the molecule is ClCc1cccc(CN2CCCCC2)c1. The Labute approximate surface area is 97.0 Å². The number of benzene rings is 1. The van der Waals surface area contributed by atoms with Crippen LogP contribution in [0.4, 0.5) is 0 Å². The molecule has 1 fully saturated rings. The standard InChI is InChI=1S/C13H18ClN/c14-10-12-5-4-6-13(9-12)11-15-7-2-1-3-8-15/h4-6,9H,1-3,7-8,10-11H2. The number of rotatable bonds is 3. The summed E-state index contributed by atoms with van der Waals surface area (Å²) in [6.45, 7) is 3.60. The van der Waals surface area contributed by atoms with Gasteiger partial charge in [-0.3, -0.25) is 4.90 Å². The zero-order valence-electron chi connectivity index (χ0n) is 9.08. The van der Waals surface area contributed by atoms with E-state index in [0.29, 0.717) is 5.88 Å². The summed E-state index contributed by atoms with van der Waals surface area (Å²) in [4.78, 5) is 2.54. The Bertz CT molecular complexity index is 305. The van der Waals surface area contributed by atoms with Crippen LogP contribution in [0.1, 0.15) is 30.4 Å². The highest BCUT2D eigenvalue weighted by Gasteiger charge is 2.10. The van der Waals surface area contributed by atoms with Crippen LogP contribution in [0.15, 0.2) is 24.3 Å². The van der Waals surface area contributed by atoms with Crippen molar-refractivity contribution in [1.82, 2.24) is 4.90 Å². The van der Waals surface area contributed by atoms with Crippen molar-refractivity contribution in [2.75, 3.05) is 13.1 Å². The van der Waals surface area contributed by atoms with Crippen LogP contribution in [-0.2, 0) is 12.4 Å². The van der Waals surface area contributed by atoms with Gasteiger partial charge in [-0.2, -0.15) is 0 Å². The number of likely N-dealkylation sites (tertiary alicyclic amines) is 1. The highest BCUT2D eigenvalue weighted by molar-refractivity contribution is 6.17. The van der Waals surface area contributed by atoms with Gasteiger partial charge >= 0.3 is 0 Å². The number of nitrogens with zero attached hydrogens (tertiary/aromatic N) is 1. The molecule has 1 heterocycles. The van der Waals surface area contributed by atoms with E-state index >= 15 is 0 Å². The topological polar surface area (TPSA) is 3.24 Å². The summed E-state index contributed by atoms with van der Waals surface area (Å²) in [7, 11) is 0. The molecule has 1 saturated heterocycles. The van der Waals surface area contributed by atoms with Crippen LogP contribution < -0.4 is 0 Å². The summed E-state index contributed by atoms with van der Waals surface area (Å²) in [5.74, 6) is 0.619. The largest absolute Gasteiger partial charge is 0.299 e. The minimum atomic E-state index is 0.619. The van der Waals surface area contributed by atoms with Crippen LogP contribution in [0.25, 0.3) is 0 Å². The molecule has 0 amide bonds. The maximum absolute atomic E-state index is 5.83. The number of alkyl halides is 1. The average Bonchev–Trinajstić information content (AvgIpc) is 2.31. The fourth-order valence-electron chi connectivity index (χ4n) is 2.19. The van der Waals surface area contributed by atoms with Crippen molar-refractivity contribution in [2.45, 2.75) is 31.7 Å². The molecule has 15 heavy (non-hydrogen) atoms. The summed E-state index contributed by atoms with van der Waals surface area (Å²) in [6, 6.07) is 8.62. The summed E-state index contributed by atoms with van der Waals surface area (Å²) in [5, 5.41) is 0. The molecule has 0 aliphatic carbocycles. The molecule has 0 radical (unpaired) electrons. The fourth-order valence-corrected chi connectivity index (χ4v) is 2.35. The lowest BCUT2D eigenvalue weighted by Gasteiger charge is -2.26. The molecule has 1 nitrogen and oxygen atoms in total. The van der Waals surface area contributed by atoms with Crippen molar-refractivity contribution in [3.8, 4) is 0 Å². The van der Waals surface area contributed by atoms with E-state index in [1.165, 1.54) is 43.5 Å². The first-order chi connectivity index (χ1) is 7.38. The molecule has 2 rings (SSSR count). The van der Waals surface area contributed by atoms with Crippen molar-refractivity contribution in [3.05, 3.63) is 35.4 Å². The molecule has 1 aromatic carbocycles. The third-order valence-corrected chi connectivity index (χ3v) is 3.31. The quantitative estimate of drug-likeness (QED) is 0.710. The highest BCUT2D eigenvalue weighted by Crippen LogP contribution is 2.14. The molecule has 82 valence electrons. The Hall–Kier alpha value is -0.530. The van der Waals surface area contributed by atoms with Gasteiger partial charge in [0, 0.05) is 12.4 Å². The van der Waals surface area contributed by atoms with Crippen LogP contribution in [-0.4, -0.2) is 18.0 Å². The molecule has 0 spiro atoms. The highest BCUT2D eigenvalue weighted by atomic mass is 35.5. The second-order valence-corrected chi connectivity index (χ2v) is 4.56. The number of hydrogen-bond acceptors (Lipinski definition) is 1. The van der Waals surface area contributed by atoms with E-state index in [0.717, 1.165) is 6.54 Å². The molecule has 1 aliphatic heterocycles. The smallest absolute Gasteiger partial charge is 0.0474 e. The Morgan fingerprint density at radius 2 is 1.80 bits per heavy atom. The molecule has 0 bridgehead atoms. The van der Waals surface area contributed by atoms with Crippen LogP contribution in [0.2, 0.25) is 0 Å². The molecule has 0 saturated carbocycles. The second kappa shape index (κ2) is 5.53. The van der Waals surface area contributed by atoms with Gasteiger partial charge in [0.05, 0.1) is 0 Å². The molecule has 0 atom stereocenters. The Morgan fingerprint density at radius 1 is 1.07 bits per heavy atom. The lowest BCUT2D eigenvalue weighted by molar-refractivity contribution is 0.221. The van der Waals surface area contributed by atoms with Gasteiger partial charge in [0.1, 0.15) is 0 Å². The zero-order valence-corrected chi connectivity index (χ0v) is 9.84. The third kappa shape index (κ3) is 3.22. The molecule has 0 aromatic heterocycles. The van der Waals surface area contributed by atoms with E-state index in [9.17, 15) is 0 Å². The normalized spacial score (nSPS) is 17.9. The maximum Gasteiger partial charge on any atom is 0.0474 e. The fraction of sp³-hybridized carbons (Fsp3) is 0.538. The van der Waals surface area contributed by atoms with Gasteiger partial charge in [-0.05, 0) is 37.1 Å². The van der Waals surface area contributed by atoms with Crippen molar-refractivity contribution in [1.29, 1.82) is 0 Å². The van der Waals surface area contributed by atoms with Gasteiger partial charge in [-0.15, -0.1) is 11.6 Å². The Kier molecular flexibility index (Phi) is 4.04. The summed E-state index contributed by atoms with van der Waals surface area (Å²) in [6.07, 6.45) is 4.11. The van der Waals surface area contributed by atoms with Crippen LogP contribution >= 0.6 is 11.6 Å². The van der Waals surface area contributed by atoms with Crippen molar-refractivity contribution in [3.63, 3.8) is 0 Å². The molecule has 0 unspecified atom stereocenters. The summed E-state index contributed by atoms with van der Waals surface area (Å²) in [5.41, 5.74) is 2.63. The van der Waals surface area contributed by atoms with Gasteiger partial charge in [-0.1, -0.05) is 30.7 Å². The number of hydrogen-bond donors (Lipinski definition) is 0. The van der Waals surface area contributed by atoms with Crippen molar-refractivity contribution in [2.24, 2.45) is 0 Å². The second-order valence-electron chi connectivity index (χ2n) is 4.29. The molecular formula is C13H18ClN. The predicted octanol–water partition coefficient (Wildman–Crippen LogP) is 3.41. The van der Waals surface area contributed by atoms with Gasteiger partial charge in [0.15, 0.2) is 0 Å². The lowest BCUT2D eigenvalue weighted by atomic mass is 10.1. The minimum absolute atomic E-state index is 0.619. The van der Waals surface area contributed by atoms with E-state index in [-0.39, 0.29) is 0 Å². The van der Waals surface area contributed by atoms with E-state index < -0.39 is 0 Å². The number of piperidine rings is 1. The lowest BCUT2D eigenvalue weighted by Crippen LogP contribution is -2.29. The van der Waals surface area contributed by atoms with Gasteiger partial charge < -0.3 is 0 Å². The Morgan fingerprint density at radius 3 is 2.53 bits per heavy atom. The van der Waals surface area contributed by atoms with Crippen LogP contribution in [0.3, 0.4) is 0 Å². The Balaban J connectivity index is 1.96. The van der Waals surface area contributed by atoms with Crippen molar-refractivity contribution < 1.29 is 0 Å². The van der Waals surface area contributed by atoms with Crippen LogP contribution in [0, 0.1) is 0 Å². The van der Waals surface area contributed by atoms with E-state index in [1.54, 1.807) is 0 Å². The average molecular weight is 224 g/mol. The summed E-state index contributed by atoms with van der Waals surface area (Å²) >= 11 is 5.83. The van der Waals surface area contributed by atoms with E-state index in [2.05, 4.69) is 29.2 Å². The van der Waals surface area contributed by atoms with Crippen LogP contribution in [0.5, 0.6) is 0 Å². The first-order valence-electron chi connectivity index (χ1n) is 5.74. The zero-order chi connectivity index (χ0) is 10.5. The molecular weight excluding hydrogens is 206 g/mol. The minimum Gasteiger partial charge on any atom is -0.299 e.